The molecule has 1 aromatic rings. The van der Waals surface area contributed by atoms with Gasteiger partial charge in [0.15, 0.2) is 0 Å². The summed E-state index contributed by atoms with van der Waals surface area (Å²) in [5, 5.41) is 3.60. The smallest absolute Gasteiger partial charge is 0.126 e. The van der Waals surface area contributed by atoms with Gasteiger partial charge in [-0.3, -0.25) is 0 Å². The van der Waals surface area contributed by atoms with Crippen LogP contribution in [0.4, 0.5) is 4.39 Å². The summed E-state index contributed by atoms with van der Waals surface area (Å²) < 4.78 is 19.4. The Labute approximate surface area is 121 Å². The van der Waals surface area contributed by atoms with Crippen molar-refractivity contribution in [3.05, 3.63) is 30.1 Å². The fourth-order valence-corrected chi connectivity index (χ4v) is 3.25. The number of ether oxygens (including phenoxy) is 1. The van der Waals surface area contributed by atoms with E-state index in [1.54, 1.807) is 6.07 Å². The number of halogens is 1. The Kier molecular flexibility index (Phi) is 5.41. The van der Waals surface area contributed by atoms with E-state index in [4.69, 9.17) is 4.74 Å². The predicted octanol–water partition coefficient (Wildman–Crippen LogP) is 4.01. The van der Waals surface area contributed by atoms with Crippen LogP contribution in [0.5, 0.6) is 5.75 Å². The van der Waals surface area contributed by atoms with Crippen LogP contribution in [0.1, 0.15) is 40.0 Å². The van der Waals surface area contributed by atoms with Crippen molar-refractivity contribution in [2.75, 3.05) is 6.54 Å². The van der Waals surface area contributed by atoms with Gasteiger partial charge in [-0.2, -0.15) is 0 Å². The van der Waals surface area contributed by atoms with Gasteiger partial charge in [0.25, 0.3) is 0 Å². The van der Waals surface area contributed by atoms with Gasteiger partial charge in [-0.05, 0) is 49.8 Å². The first-order chi connectivity index (χ1) is 9.60. The molecule has 4 atom stereocenters. The van der Waals surface area contributed by atoms with Gasteiger partial charge in [0.2, 0.25) is 0 Å². The third-order valence-corrected chi connectivity index (χ3v) is 4.11. The van der Waals surface area contributed by atoms with E-state index in [2.05, 4.69) is 26.1 Å². The highest BCUT2D eigenvalue weighted by atomic mass is 19.1. The first-order valence-electron chi connectivity index (χ1n) is 7.75. The van der Waals surface area contributed by atoms with E-state index in [0.717, 1.165) is 19.4 Å². The molecule has 0 saturated heterocycles. The second-order valence-corrected chi connectivity index (χ2v) is 6.15. The molecular weight excluding hydrogens is 253 g/mol. The molecule has 20 heavy (non-hydrogen) atoms. The first kappa shape index (κ1) is 15.3. The molecule has 1 aromatic carbocycles. The third-order valence-electron chi connectivity index (χ3n) is 4.11. The van der Waals surface area contributed by atoms with Crippen molar-refractivity contribution in [3.63, 3.8) is 0 Å². The Morgan fingerprint density at radius 3 is 2.80 bits per heavy atom. The van der Waals surface area contributed by atoms with E-state index < -0.39 is 0 Å². The minimum atomic E-state index is -0.239. The van der Waals surface area contributed by atoms with Crippen LogP contribution in [0.3, 0.4) is 0 Å². The molecule has 1 N–H and O–H groups in total. The van der Waals surface area contributed by atoms with Crippen molar-refractivity contribution in [1.82, 2.24) is 5.32 Å². The van der Waals surface area contributed by atoms with E-state index in [9.17, 15) is 4.39 Å². The van der Waals surface area contributed by atoms with Crippen molar-refractivity contribution in [1.29, 1.82) is 0 Å². The van der Waals surface area contributed by atoms with Gasteiger partial charge in [-0.1, -0.05) is 26.8 Å². The number of nitrogens with one attached hydrogen (secondary N) is 1. The third kappa shape index (κ3) is 3.95. The maximum Gasteiger partial charge on any atom is 0.126 e. The lowest BCUT2D eigenvalue weighted by atomic mass is 9.78. The van der Waals surface area contributed by atoms with Crippen LogP contribution in [-0.4, -0.2) is 18.7 Å². The van der Waals surface area contributed by atoms with E-state index in [-0.39, 0.29) is 11.9 Å². The van der Waals surface area contributed by atoms with Crippen LogP contribution in [0.15, 0.2) is 24.3 Å². The summed E-state index contributed by atoms with van der Waals surface area (Å²) in [6.07, 6.45) is 3.54. The van der Waals surface area contributed by atoms with Gasteiger partial charge in [0.05, 0.1) is 0 Å². The van der Waals surface area contributed by atoms with Crippen LogP contribution in [0, 0.1) is 17.7 Å². The summed E-state index contributed by atoms with van der Waals surface area (Å²) in [4.78, 5) is 0. The van der Waals surface area contributed by atoms with Crippen LogP contribution >= 0.6 is 0 Å². The molecule has 112 valence electrons. The van der Waals surface area contributed by atoms with Crippen LogP contribution < -0.4 is 10.1 Å². The first-order valence-corrected chi connectivity index (χ1v) is 7.75. The zero-order chi connectivity index (χ0) is 14.5. The molecule has 4 unspecified atom stereocenters. The molecule has 2 nitrogen and oxygen atoms in total. The summed E-state index contributed by atoms with van der Waals surface area (Å²) in [7, 11) is 0. The second-order valence-electron chi connectivity index (χ2n) is 6.15. The molecule has 0 radical (unpaired) electrons. The zero-order valence-corrected chi connectivity index (χ0v) is 12.7. The second kappa shape index (κ2) is 7.07. The minimum Gasteiger partial charge on any atom is -0.488 e. The standard InChI is InChI=1S/C17H26FNO/c1-4-8-19-16-10-12(2)9-13(3)17(16)20-15-7-5-6-14(18)11-15/h5-7,11-13,16-17,19H,4,8-10H2,1-3H3. The van der Waals surface area contributed by atoms with Gasteiger partial charge in [0, 0.05) is 12.1 Å². The molecule has 1 fully saturated rings. The van der Waals surface area contributed by atoms with E-state index in [1.165, 1.54) is 18.6 Å². The predicted molar refractivity (Wildman–Crippen MR) is 80.5 cm³/mol. The molecule has 0 heterocycles. The zero-order valence-electron chi connectivity index (χ0n) is 12.7. The van der Waals surface area contributed by atoms with Crippen molar-refractivity contribution in [3.8, 4) is 5.75 Å². The quantitative estimate of drug-likeness (QED) is 0.879. The molecular formula is C17H26FNO. The summed E-state index contributed by atoms with van der Waals surface area (Å²) >= 11 is 0. The molecule has 1 saturated carbocycles. The Hall–Kier alpha value is -1.09. The molecule has 1 aliphatic rings. The number of rotatable bonds is 5. The summed E-state index contributed by atoms with van der Waals surface area (Å²) in [6, 6.07) is 6.82. The van der Waals surface area contributed by atoms with Crippen molar-refractivity contribution < 1.29 is 9.13 Å². The number of hydrogen-bond donors (Lipinski definition) is 1. The lowest BCUT2D eigenvalue weighted by Crippen LogP contribution is -2.51. The Morgan fingerprint density at radius 2 is 2.10 bits per heavy atom. The molecule has 0 spiro atoms. The maximum absolute atomic E-state index is 13.3. The largest absolute Gasteiger partial charge is 0.488 e. The van der Waals surface area contributed by atoms with Gasteiger partial charge in [-0.25, -0.2) is 4.39 Å². The molecule has 0 aliphatic heterocycles. The molecule has 0 bridgehead atoms. The fraction of sp³-hybridized carbons (Fsp3) is 0.647. The Balaban J connectivity index is 2.08. The minimum absolute atomic E-state index is 0.125. The lowest BCUT2D eigenvalue weighted by molar-refractivity contribution is 0.0475. The monoisotopic (exact) mass is 279 g/mol. The molecule has 0 aromatic heterocycles. The van der Waals surface area contributed by atoms with E-state index >= 15 is 0 Å². The highest BCUT2D eigenvalue weighted by Gasteiger charge is 2.35. The van der Waals surface area contributed by atoms with Crippen LogP contribution in [0.25, 0.3) is 0 Å². The number of benzene rings is 1. The molecule has 3 heteroatoms. The Morgan fingerprint density at radius 1 is 1.30 bits per heavy atom. The highest BCUT2D eigenvalue weighted by molar-refractivity contribution is 5.23. The van der Waals surface area contributed by atoms with E-state index in [0.29, 0.717) is 23.6 Å². The fourth-order valence-electron chi connectivity index (χ4n) is 3.25. The summed E-state index contributed by atoms with van der Waals surface area (Å²) in [5.74, 6) is 1.60. The summed E-state index contributed by atoms with van der Waals surface area (Å²) in [6.45, 7) is 7.72. The van der Waals surface area contributed by atoms with Crippen LogP contribution in [-0.2, 0) is 0 Å². The van der Waals surface area contributed by atoms with Crippen LogP contribution in [0.2, 0.25) is 0 Å². The topological polar surface area (TPSA) is 21.3 Å². The van der Waals surface area contributed by atoms with Gasteiger partial charge in [-0.15, -0.1) is 0 Å². The van der Waals surface area contributed by atoms with Crippen molar-refractivity contribution >= 4 is 0 Å². The van der Waals surface area contributed by atoms with Gasteiger partial charge < -0.3 is 10.1 Å². The molecule has 1 aliphatic carbocycles. The van der Waals surface area contributed by atoms with Gasteiger partial charge in [0.1, 0.15) is 17.7 Å². The normalized spacial score (nSPS) is 30.2. The maximum atomic E-state index is 13.3. The van der Waals surface area contributed by atoms with Crippen molar-refractivity contribution in [2.24, 2.45) is 11.8 Å². The highest BCUT2D eigenvalue weighted by Crippen LogP contribution is 2.32. The van der Waals surface area contributed by atoms with Crippen molar-refractivity contribution in [2.45, 2.75) is 52.2 Å². The average Bonchev–Trinajstić information content (AvgIpc) is 2.40. The van der Waals surface area contributed by atoms with Gasteiger partial charge >= 0.3 is 0 Å². The Bertz CT molecular complexity index is 423. The molecule has 2 rings (SSSR count). The SMILES string of the molecule is CCCNC1CC(C)CC(C)C1Oc1cccc(F)c1. The molecule has 0 amide bonds. The number of hydrogen-bond acceptors (Lipinski definition) is 2. The average molecular weight is 279 g/mol. The summed E-state index contributed by atoms with van der Waals surface area (Å²) in [5.41, 5.74) is 0. The van der Waals surface area contributed by atoms with E-state index in [1.807, 2.05) is 6.07 Å². The lowest BCUT2D eigenvalue weighted by Gasteiger charge is -2.40.